The Morgan fingerprint density at radius 2 is 1.74 bits per heavy atom. The molecule has 7 nitrogen and oxygen atoms in total. The quantitative estimate of drug-likeness (QED) is 0.431. The molecule has 0 aliphatic heterocycles. The second-order valence-corrected chi connectivity index (χ2v) is 12.2. The van der Waals surface area contributed by atoms with E-state index in [4.69, 9.17) is 11.6 Å². The highest BCUT2D eigenvalue weighted by Crippen LogP contribution is 2.37. The van der Waals surface area contributed by atoms with Gasteiger partial charge in [0.1, 0.15) is 12.6 Å². The van der Waals surface area contributed by atoms with Gasteiger partial charge in [-0.1, -0.05) is 55.1 Å². The summed E-state index contributed by atoms with van der Waals surface area (Å²) in [6.07, 6.45) is 0.733. The molecule has 3 rings (SSSR count). The van der Waals surface area contributed by atoms with Crippen molar-refractivity contribution in [1.82, 2.24) is 10.2 Å². The maximum atomic E-state index is 13.7. The van der Waals surface area contributed by atoms with E-state index in [0.717, 1.165) is 61.6 Å². The van der Waals surface area contributed by atoms with Crippen molar-refractivity contribution in [2.45, 2.75) is 70.8 Å². The normalized spacial score (nSPS) is 15.5. The number of benzene rings is 2. The summed E-state index contributed by atoms with van der Waals surface area (Å²) in [7, 11) is -4.20. The van der Waals surface area contributed by atoms with E-state index in [1.807, 2.05) is 19.1 Å². The lowest BCUT2D eigenvalue weighted by Gasteiger charge is -2.33. The number of alkyl halides is 3. The molecule has 1 N–H and O–H groups in total. The van der Waals surface area contributed by atoms with Gasteiger partial charge in [-0.3, -0.25) is 13.9 Å². The Kier molecular flexibility index (Phi) is 9.93. The van der Waals surface area contributed by atoms with Crippen LogP contribution in [0.5, 0.6) is 0 Å². The number of anilines is 1. The third-order valence-electron chi connectivity index (χ3n) is 6.94. The fourth-order valence-corrected chi connectivity index (χ4v) is 5.69. The topological polar surface area (TPSA) is 86.8 Å². The van der Waals surface area contributed by atoms with E-state index in [1.54, 1.807) is 19.1 Å². The summed E-state index contributed by atoms with van der Waals surface area (Å²) in [5, 5.41) is 2.40. The van der Waals surface area contributed by atoms with Crippen molar-refractivity contribution < 1.29 is 31.2 Å². The predicted molar refractivity (Wildman–Crippen MR) is 145 cm³/mol. The van der Waals surface area contributed by atoms with Gasteiger partial charge in [-0.25, -0.2) is 8.42 Å². The number of sulfonamides is 1. The summed E-state index contributed by atoms with van der Waals surface area (Å²) >= 11 is 5.71. The van der Waals surface area contributed by atoms with E-state index >= 15 is 0 Å². The molecule has 1 fully saturated rings. The zero-order valence-corrected chi connectivity index (χ0v) is 23.7. The first-order valence-electron chi connectivity index (χ1n) is 12.7. The number of halogens is 4. The molecule has 2 amide bonds. The van der Waals surface area contributed by atoms with Crippen molar-refractivity contribution in [2.24, 2.45) is 0 Å². The van der Waals surface area contributed by atoms with Crippen LogP contribution in [-0.4, -0.2) is 50.0 Å². The molecule has 214 valence electrons. The van der Waals surface area contributed by atoms with Gasteiger partial charge in [0.15, 0.2) is 0 Å². The van der Waals surface area contributed by atoms with Crippen LogP contribution >= 0.6 is 11.6 Å². The van der Waals surface area contributed by atoms with Gasteiger partial charge >= 0.3 is 6.18 Å². The lowest BCUT2D eigenvalue weighted by Crippen LogP contribution is -2.53. The fraction of sp³-hybridized carbons (Fsp3) is 0.481. The van der Waals surface area contributed by atoms with Gasteiger partial charge in [-0.2, -0.15) is 13.2 Å². The number of nitrogens with one attached hydrogen (secondary N) is 1. The van der Waals surface area contributed by atoms with Crippen molar-refractivity contribution in [2.75, 3.05) is 17.1 Å². The van der Waals surface area contributed by atoms with E-state index in [1.165, 1.54) is 4.90 Å². The lowest BCUT2D eigenvalue weighted by molar-refractivity contribution is -0.139. The van der Waals surface area contributed by atoms with Crippen molar-refractivity contribution in [3.05, 3.63) is 64.2 Å². The molecule has 1 atom stereocenters. The Morgan fingerprint density at radius 3 is 2.33 bits per heavy atom. The Bertz CT molecular complexity index is 1300. The van der Waals surface area contributed by atoms with Gasteiger partial charge < -0.3 is 10.2 Å². The lowest BCUT2D eigenvalue weighted by atomic mass is 9.95. The van der Waals surface area contributed by atoms with Crippen LogP contribution in [0, 0.1) is 6.92 Å². The zero-order valence-electron chi connectivity index (χ0n) is 22.1. The summed E-state index contributed by atoms with van der Waals surface area (Å²) in [6, 6.07) is 8.93. The van der Waals surface area contributed by atoms with E-state index in [2.05, 4.69) is 5.32 Å². The Labute approximate surface area is 232 Å². The number of hydrogen-bond acceptors (Lipinski definition) is 4. The number of carbonyl (C=O) groups excluding carboxylic acids is 2. The van der Waals surface area contributed by atoms with Gasteiger partial charge in [-0.15, -0.1) is 0 Å². The van der Waals surface area contributed by atoms with Crippen LogP contribution in [0.1, 0.15) is 55.7 Å². The molecule has 0 saturated heterocycles. The largest absolute Gasteiger partial charge is 0.417 e. The average molecular weight is 588 g/mol. The molecule has 1 aliphatic carbocycles. The molecule has 0 aromatic heterocycles. The van der Waals surface area contributed by atoms with Gasteiger partial charge in [-0.05, 0) is 56.0 Å². The van der Waals surface area contributed by atoms with Crippen molar-refractivity contribution in [3.63, 3.8) is 0 Å². The van der Waals surface area contributed by atoms with E-state index in [-0.39, 0.29) is 24.2 Å². The summed E-state index contributed by atoms with van der Waals surface area (Å²) in [5.41, 5.74) is 0.0279. The van der Waals surface area contributed by atoms with E-state index in [9.17, 15) is 31.2 Å². The highest BCUT2D eigenvalue weighted by molar-refractivity contribution is 7.92. The second-order valence-electron chi connectivity index (χ2n) is 9.90. The highest BCUT2D eigenvalue weighted by atomic mass is 35.5. The first kappa shape index (κ1) is 30.7. The minimum Gasteiger partial charge on any atom is -0.352 e. The molecule has 12 heteroatoms. The molecule has 1 aliphatic rings. The number of carbonyl (C=O) groups is 2. The molecule has 1 saturated carbocycles. The van der Waals surface area contributed by atoms with E-state index in [0.29, 0.717) is 10.4 Å². The summed E-state index contributed by atoms with van der Waals surface area (Å²) < 4.78 is 66.4. The molecule has 2 aromatic carbocycles. The SMILES string of the molecule is Cc1ccccc1CN(C(=O)CN(c1ccc(Cl)c(C(F)(F)F)c1)S(C)(=O)=O)C(C)C(=O)NC1CCCCC1. The Morgan fingerprint density at radius 1 is 1.10 bits per heavy atom. The average Bonchev–Trinajstić information content (AvgIpc) is 2.86. The fourth-order valence-electron chi connectivity index (χ4n) is 4.62. The summed E-state index contributed by atoms with van der Waals surface area (Å²) in [4.78, 5) is 28.1. The number of amides is 2. The first-order valence-corrected chi connectivity index (χ1v) is 14.9. The number of rotatable bonds is 9. The maximum absolute atomic E-state index is 13.7. The molecule has 0 spiro atoms. The smallest absolute Gasteiger partial charge is 0.352 e. The molecule has 2 aromatic rings. The van der Waals surface area contributed by atoms with Crippen molar-refractivity contribution in [1.29, 1.82) is 0 Å². The Balaban J connectivity index is 1.94. The standard InChI is InChI=1S/C27H33ClF3N3O4S/c1-18-9-7-8-10-20(18)16-33(19(2)26(36)32-21-11-5-4-6-12-21)25(35)17-34(39(3,37)38)22-13-14-24(28)23(15-22)27(29,30)31/h7-10,13-15,19,21H,4-6,11-12,16-17H2,1-3H3,(H,32,36). The van der Waals surface area contributed by atoms with Gasteiger partial charge in [0.2, 0.25) is 21.8 Å². The minimum absolute atomic E-state index is 0.00788. The van der Waals surface area contributed by atoms with Crippen molar-refractivity contribution in [3.8, 4) is 0 Å². The molecule has 0 bridgehead atoms. The highest BCUT2D eigenvalue weighted by Gasteiger charge is 2.36. The van der Waals surface area contributed by atoms with Gasteiger partial charge in [0, 0.05) is 12.6 Å². The van der Waals surface area contributed by atoms with Crippen molar-refractivity contribution >= 4 is 39.1 Å². The number of aryl methyl sites for hydroxylation is 1. The number of nitrogens with zero attached hydrogens (tertiary/aromatic N) is 2. The molecule has 0 radical (unpaired) electrons. The van der Waals surface area contributed by atoms with Crippen LogP contribution in [0.25, 0.3) is 0 Å². The van der Waals surface area contributed by atoms with Crippen LogP contribution in [0.3, 0.4) is 0 Å². The predicted octanol–water partition coefficient (Wildman–Crippen LogP) is 5.30. The monoisotopic (exact) mass is 587 g/mol. The van der Waals surface area contributed by atoms with Crippen LogP contribution in [0.2, 0.25) is 5.02 Å². The maximum Gasteiger partial charge on any atom is 0.417 e. The third kappa shape index (κ3) is 8.11. The molecule has 1 unspecified atom stereocenters. The first-order chi connectivity index (χ1) is 18.2. The second kappa shape index (κ2) is 12.6. The van der Waals surface area contributed by atoms with Crippen LogP contribution in [-0.2, 0) is 32.3 Å². The molecular formula is C27H33ClF3N3O4S. The van der Waals surface area contributed by atoms with Gasteiger partial charge in [0.25, 0.3) is 0 Å². The zero-order chi connectivity index (χ0) is 29.0. The third-order valence-corrected chi connectivity index (χ3v) is 8.41. The minimum atomic E-state index is -4.83. The molecule has 39 heavy (non-hydrogen) atoms. The molecular weight excluding hydrogens is 555 g/mol. The summed E-state index contributed by atoms with van der Waals surface area (Å²) in [6.45, 7) is 2.62. The number of hydrogen-bond donors (Lipinski definition) is 1. The van der Waals surface area contributed by atoms with Crippen LogP contribution in [0.15, 0.2) is 42.5 Å². The van der Waals surface area contributed by atoms with Crippen LogP contribution in [0.4, 0.5) is 18.9 Å². The van der Waals surface area contributed by atoms with Crippen LogP contribution < -0.4 is 9.62 Å². The molecule has 0 heterocycles. The Hall–Kier alpha value is -2.79. The summed E-state index contributed by atoms with van der Waals surface area (Å²) in [5.74, 6) is -1.11. The van der Waals surface area contributed by atoms with E-state index < -0.39 is 45.3 Å². The van der Waals surface area contributed by atoms with Gasteiger partial charge in [0.05, 0.1) is 22.5 Å².